The molecule has 2 aliphatic rings. The molecular weight excluding hydrogens is 373 g/mol. The molecule has 0 radical (unpaired) electrons. The highest BCUT2D eigenvalue weighted by Gasteiger charge is 2.64. The summed E-state index contributed by atoms with van der Waals surface area (Å²) in [7, 11) is 0. The van der Waals surface area contributed by atoms with Crippen LogP contribution in [0.1, 0.15) is 32.7 Å². The Morgan fingerprint density at radius 2 is 2.00 bits per heavy atom. The number of ether oxygens (including phenoxy) is 1. The second-order valence-corrected chi connectivity index (χ2v) is 6.72. The monoisotopic (exact) mass is 388 g/mol. The van der Waals surface area contributed by atoms with Crippen LogP contribution in [0.4, 0.5) is 13.2 Å². The molecule has 1 N–H and O–H groups in total. The number of carbonyl (C=O) groups is 2. The van der Waals surface area contributed by atoms with Gasteiger partial charge in [0.2, 0.25) is 0 Å². The number of benzene rings is 2. The van der Waals surface area contributed by atoms with Gasteiger partial charge in [0.25, 0.3) is 18.4 Å². The van der Waals surface area contributed by atoms with E-state index in [9.17, 15) is 22.8 Å². The molecule has 144 valence electrons. The van der Waals surface area contributed by atoms with Crippen molar-refractivity contribution in [3.05, 3.63) is 71.0 Å². The number of halogens is 3. The summed E-state index contributed by atoms with van der Waals surface area (Å²) in [6.07, 6.45) is -2.99. The minimum Gasteiger partial charge on any atom is -0.461 e. The van der Waals surface area contributed by atoms with Gasteiger partial charge in [0, 0.05) is 22.6 Å². The number of alkyl halides is 2. The SMILES string of the molecule is O=Cc1ccc(F)c([C@@]2(C(F)F)N=C(NC(=O)c3ccccc3)O[C@@H]3C[C@@H]32)c1. The lowest BCUT2D eigenvalue weighted by Gasteiger charge is -2.34. The quantitative estimate of drug-likeness (QED) is 0.818. The molecule has 1 aliphatic heterocycles. The molecule has 2 aromatic rings. The lowest BCUT2D eigenvalue weighted by Crippen LogP contribution is -2.46. The number of nitrogens with zero attached hydrogens (tertiary/aromatic N) is 1. The van der Waals surface area contributed by atoms with E-state index in [0.717, 1.165) is 12.1 Å². The summed E-state index contributed by atoms with van der Waals surface area (Å²) in [5.41, 5.74) is -2.26. The van der Waals surface area contributed by atoms with Crippen molar-refractivity contribution < 1.29 is 27.5 Å². The fourth-order valence-electron chi connectivity index (χ4n) is 3.51. The van der Waals surface area contributed by atoms with Gasteiger partial charge >= 0.3 is 0 Å². The van der Waals surface area contributed by atoms with Crippen molar-refractivity contribution in [3.8, 4) is 0 Å². The number of hydrogen-bond acceptors (Lipinski definition) is 4. The molecule has 1 saturated carbocycles. The number of fused-ring (bicyclic) bond motifs is 1. The number of hydrogen-bond donors (Lipinski definition) is 1. The first kappa shape index (κ1) is 18.2. The van der Waals surface area contributed by atoms with Crippen LogP contribution in [0.25, 0.3) is 0 Å². The van der Waals surface area contributed by atoms with Crippen molar-refractivity contribution in [1.29, 1.82) is 0 Å². The summed E-state index contributed by atoms with van der Waals surface area (Å²) in [5, 5.41) is 2.38. The van der Waals surface area contributed by atoms with E-state index >= 15 is 0 Å². The number of aldehydes is 1. The second-order valence-electron chi connectivity index (χ2n) is 6.72. The summed E-state index contributed by atoms with van der Waals surface area (Å²) < 4.78 is 48.5. The van der Waals surface area contributed by atoms with Gasteiger partial charge in [-0.2, -0.15) is 0 Å². The number of amidine groups is 1. The highest BCUT2D eigenvalue weighted by molar-refractivity contribution is 6.04. The summed E-state index contributed by atoms with van der Waals surface area (Å²) in [6.45, 7) is 0. The first-order valence-corrected chi connectivity index (χ1v) is 8.62. The molecule has 1 heterocycles. The highest BCUT2D eigenvalue weighted by Crippen LogP contribution is 2.56. The normalized spacial score (nSPS) is 25.4. The molecule has 0 aromatic heterocycles. The lowest BCUT2D eigenvalue weighted by molar-refractivity contribution is 0.0166. The van der Waals surface area contributed by atoms with Gasteiger partial charge < -0.3 is 4.74 Å². The molecule has 8 heteroatoms. The molecule has 28 heavy (non-hydrogen) atoms. The number of carbonyl (C=O) groups excluding carboxylic acids is 2. The number of amides is 1. The van der Waals surface area contributed by atoms with Gasteiger partial charge in [-0.1, -0.05) is 18.2 Å². The molecule has 3 atom stereocenters. The topological polar surface area (TPSA) is 67.8 Å². The summed E-state index contributed by atoms with van der Waals surface area (Å²) in [5.74, 6) is -2.22. The van der Waals surface area contributed by atoms with Crippen molar-refractivity contribution in [1.82, 2.24) is 5.32 Å². The Kier molecular flexibility index (Phi) is 4.41. The smallest absolute Gasteiger partial charge is 0.293 e. The minimum absolute atomic E-state index is 0.0604. The zero-order valence-corrected chi connectivity index (χ0v) is 14.4. The Balaban J connectivity index is 1.76. The third kappa shape index (κ3) is 2.94. The average Bonchev–Trinajstić information content (AvgIpc) is 3.48. The third-order valence-corrected chi connectivity index (χ3v) is 4.99. The Morgan fingerprint density at radius 3 is 2.68 bits per heavy atom. The molecule has 0 spiro atoms. The van der Waals surface area contributed by atoms with Crippen LogP contribution >= 0.6 is 0 Å². The zero-order valence-electron chi connectivity index (χ0n) is 14.4. The van der Waals surface area contributed by atoms with Crippen LogP contribution in [0, 0.1) is 11.7 Å². The van der Waals surface area contributed by atoms with E-state index in [2.05, 4.69) is 10.3 Å². The van der Waals surface area contributed by atoms with Gasteiger partial charge in [-0.15, -0.1) is 0 Å². The van der Waals surface area contributed by atoms with Gasteiger partial charge in [0.05, 0.1) is 0 Å². The van der Waals surface area contributed by atoms with Crippen LogP contribution in [0.3, 0.4) is 0 Å². The van der Waals surface area contributed by atoms with Gasteiger partial charge in [-0.25, -0.2) is 18.2 Å². The van der Waals surface area contributed by atoms with Gasteiger partial charge in [0.15, 0.2) is 5.54 Å². The Hall–Kier alpha value is -3.16. The number of aliphatic imine (C=N–C) groups is 1. The van der Waals surface area contributed by atoms with E-state index in [1.54, 1.807) is 30.3 Å². The van der Waals surface area contributed by atoms with Crippen molar-refractivity contribution in [3.63, 3.8) is 0 Å². The predicted octanol–water partition coefficient (Wildman–Crippen LogP) is 3.30. The molecular formula is C20H15F3N2O3. The predicted molar refractivity (Wildman–Crippen MR) is 93.8 cm³/mol. The van der Waals surface area contributed by atoms with Gasteiger partial charge in [0.1, 0.15) is 18.2 Å². The summed E-state index contributed by atoms with van der Waals surface area (Å²) in [4.78, 5) is 27.4. The van der Waals surface area contributed by atoms with Crippen molar-refractivity contribution in [2.75, 3.05) is 0 Å². The molecule has 4 rings (SSSR count). The van der Waals surface area contributed by atoms with Crippen LogP contribution in [0.15, 0.2) is 53.5 Å². The average molecular weight is 388 g/mol. The Bertz CT molecular complexity index is 964. The van der Waals surface area contributed by atoms with E-state index in [4.69, 9.17) is 4.74 Å². The van der Waals surface area contributed by atoms with Crippen molar-refractivity contribution >= 4 is 18.2 Å². The first-order chi connectivity index (χ1) is 13.5. The maximum absolute atomic E-state index is 14.5. The largest absolute Gasteiger partial charge is 0.461 e. The fourth-order valence-corrected chi connectivity index (χ4v) is 3.51. The fraction of sp³-hybridized carbons (Fsp3) is 0.250. The molecule has 0 bridgehead atoms. The molecule has 0 saturated heterocycles. The Morgan fingerprint density at radius 1 is 1.25 bits per heavy atom. The molecule has 1 amide bonds. The molecule has 5 nitrogen and oxygen atoms in total. The summed E-state index contributed by atoms with van der Waals surface area (Å²) in [6, 6.07) is 11.0. The third-order valence-electron chi connectivity index (χ3n) is 4.99. The van der Waals surface area contributed by atoms with E-state index < -0.39 is 35.7 Å². The molecule has 0 unspecified atom stereocenters. The van der Waals surface area contributed by atoms with Crippen LogP contribution in [-0.2, 0) is 10.3 Å². The van der Waals surface area contributed by atoms with E-state index in [-0.39, 0.29) is 23.6 Å². The highest BCUT2D eigenvalue weighted by atomic mass is 19.3. The second kappa shape index (κ2) is 6.78. The summed E-state index contributed by atoms with van der Waals surface area (Å²) >= 11 is 0. The maximum atomic E-state index is 14.5. The minimum atomic E-state index is -3.06. The van der Waals surface area contributed by atoms with Crippen LogP contribution in [0.2, 0.25) is 0 Å². The van der Waals surface area contributed by atoms with E-state index in [0.29, 0.717) is 11.8 Å². The van der Waals surface area contributed by atoms with Gasteiger partial charge in [-0.05, 0) is 36.8 Å². The van der Waals surface area contributed by atoms with E-state index in [1.165, 1.54) is 6.07 Å². The Labute approximate surface area is 158 Å². The maximum Gasteiger partial charge on any atom is 0.293 e. The van der Waals surface area contributed by atoms with Crippen LogP contribution in [-0.4, -0.2) is 30.7 Å². The lowest BCUT2D eigenvalue weighted by atomic mass is 9.84. The number of rotatable bonds is 4. The first-order valence-electron chi connectivity index (χ1n) is 8.62. The van der Waals surface area contributed by atoms with Crippen molar-refractivity contribution in [2.24, 2.45) is 10.9 Å². The standard InChI is InChI=1S/C20H15F3N2O3/c21-15-7-6-11(10-26)8-13(15)20(18(22)23)14-9-16(14)28-19(25-20)24-17(27)12-4-2-1-3-5-12/h1-8,10,14,16,18H,9H2,(H,24,25,27)/t14-,16+,20+/m0/s1. The van der Waals surface area contributed by atoms with Crippen molar-refractivity contribution in [2.45, 2.75) is 24.5 Å². The molecule has 1 aliphatic carbocycles. The van der Waals surface area contributed by atoms with Crippen LogP contribution in [0.5, 0.6) is 0 Å². The molecule has 1 fully saturated rings. The zero-order chi connectivity index (χ0) is 19.9. The number of nitrogens with one attached hydrogen (secondary N) is 1. The molecule has 2 aromatic carbocycles. The van der Waals surface area contributed by atoms with Crippen LogP contribution < -0.4 is 5.32 Å². The van der Waals surface area contributed by atoms with E-state index in [1.807, 2.05) is 0 Å². The van der Waals surface area contributed by atoms with Gasteiger partial charge in [-0.3, -0.25) is 14.9 Å².